The highest BCUT2D eigenvalue weighted by atomic mass is 16.3. The standard InChI is InChI=1S/C14H18N2O3/c15-13(18)9-16(11-5-1-2-6-11)14(19)10-4-3-7-12(17)8-10/h3-4,7-8,11,17H,1-2,5-6,9H2,(H2,15,18). The molecule has 19 heavy (non-hydrogen) atoms. The van der Waals surface area contributed by atoms with E-state index in [9.17, 15) is 14.7 Å². The summed E-state index contributed by atoms with van der Waals surface area (Å²) in [6, 6.07) is 6.23. The molecule has 3 N–H and O–H groups in total. The first kappa shape index (κ1) is 13.4. The molecule has 5 heteroatoms. The van der Waals surface area contributed by atoms with E-state index < -0.39 is 5.91 Å². The van der Waals surface area contributed by atoms with Crippen LogP contribution in [-0.4, -0.2) is 34.4 Å². The van der Waals surface area contributed by atoms with E-state index in [0.29, 0.717) is 5.56 Å². The Morgan fingerprint density at radius 2 is 2.00 bits per heavy atom. The molecule has 1 fully saturated rings. The van der Waals surface area contributed by atoms with Gasteiger partial charge in [-0.15, -0.1) is 0 Å². The van der Waals surface area contributed by atoms with Gasteiger partial charge in [0.1, 0.15) is 5.75 Å². The van der Waals surface area contributed by atoms with Crippen molar-refractivity contribution in [2.24, 2.45) is 5.73 Å². The lowest BCUT2D eigenvalue weighted by Gasteiger charge is -2.27. The molecule has 0 atom stereocenters. The zero-order chi connectivity index (χ0) is 13.8. The van der Waals surface area contributed by atoms with Gasteiger partial charge in [0, 0.05) is 11.6 Å². The third-order valence-electron chi connectivity index (χ3n) is 3.45. The zero-order valence-electron chi connectivity index (χ0n) is 10.7. The molecule has 0 unspecified atom stereocenters. The first-order chi connectivity index (χ1) is 9.08. The van der Waals surface area contributed by atoms with E-state index in [0.717, 1.165) is 25.7 Å². The Bertz CT molecular complexity index is 481. The van der Waals surface area contributed by atoms with E-state index >= 15 is 0 Å². The maximum absolute atomic E-state index is 12.4. The molecule has 5 nitrogen and oxygen atoms in total. The molecule has 0 aromatic heterocycles. The molecular formula is C14H18N2O3. The van der Waals surface area contributed by atoms with Crippen molar-refractivity contribution in [3.05, 3.63) is 29.8 Å². The second-order valence-electron chi connectivity index (χ2n) is 4.89. The fraction of sp³-hybridized carbons (Fsp3) is 0.429. The summed E-state index contributed by atoms with van der Waals surface area (Å²) in [6.45, 7) is -0.0703. The molecule has 0 heterocycles. The zero-order valence-corrected chi connectivity index (χ0v) is 10.7. The summed E-state index contributed by atoms with van der Waals surface area (Å²) in [7, 11) is 0. The quantitative estimate of drug-likeness (QED) is 0.856. The molecule has 2 amide bonds. The Kier molecular flexibility index (Phi) is 4.04. The maximum Gasteiger partial charge on any atom is 0.254 e. The van der Waals surface area contributed by atoms with Gasteiger partial charge >= 0.3 is 0 Å². The van der Waals surface area contributed by atoms with Gasteiger partial charge in [0.05, 0.1) is 6.54 Å². The lowest BCUT2D eigenvalue weighted by molar-refractivity contribution is -0.119. The Balaban J connectivity index is 2.21. The van der Waals surface area contributed by atoms with E-state index in [1.165, 1.54) is 17.0 Å². The number of carbonyl (C=O) groups excluding carboxylic acids is 2. The summed E-state index contributed by atoms with van der Waals surface area (Å²) < 4.78 is 0. The van der Waals surface area contributed by atoms with Gasteiger partial charge in [-0.3, -0.25) is 9.59 Å². The van der Waals surface area contributed by atoms with Crippen LogP contribution in [0.25, 0.3) is 0 Å². The molecule has 0 saturated heterocycles. The van der Waals surface area contributed by atoms with Gasteiger partial charge in [-0.2, -0.15) is 0 Å². The van der Waals surface area contributed by atoms with Crippen LogP contribution >= 0.6 is 0 Å². The molecule has 102 valence electrons. The van der Waals surface area contributed by atoms with Crippen molar-refractivity contribution < 1.29 is 14.7 Å². The molecular weight excluding hydrogens is 244 g/mol. The number of phenolic OH excluding ortho intramolecular Hbond substituents is 1. The predicted molar refractivity (Wildman–Crippen MR) is 70.6 cm³/mol. The van der Waals surface area contributed by atoms with Gasteiger partial charge in [0.15, 0.2) is 0 Å². The number of primary amides is 1. The molecule has 1 saturated carbocycles. The van der Waals surface area contributed by atoms with E-state index in [-0.39, 0.29) is 24.2 Å². The van der Waals surface area contributed by atoms with Crippen LogP contribution in [0.15, 0.2) is 24.3 Å². The fourth-order valence-corrected chi connectivity index (χ4v) is 2.56. The SMILES string of the molecule is NC(=O)CN(C(=O)c1cccc(O)c1)C1CCCC1. The minimum atomic E-state index is -0.514. The molecule has 0 aliphatic heterocycles. The number of nitrogens with zero attached hydrogens (tertiary/aromatic N) is 1. The third kappa shape index (κ3) is 3.24. The van der Waals surface area contributed by atoms with E-state index in [2.05, 4.69) is 0 Å². The van der Waals surface area contributed by atoms with Gasteiger partial charge in [-0.05, 0) is 31.0 Å². The second-order valence-corrected chi connectivity index (χ2v) is 4.89. The normalized spacial score (nSPS) is 15.4. The Hall–Kier alpha value is -2.04. The largest absolute Gasteiger partial charge is 0.508 e. The Morgan fingerprint density at radius 3 is 2.58 bits per heavy atom. The number of carbonyl (C=O) groups is 2. The molecule has 0 spiro atoms. The van der Waals surface area contributed by atoms with Crippen molar-refractivity contribution in [2.45, 2.75) is 31.7 Å². The highest BCUT2D eigenvalue weighted by Gasteiger charge is 2.28. The average Bonchev–Trinajstić information content (AvgIpc) is 2.88. The molecule has 1 aromatic carbocycles. The average molecular weight is 262 g/mol. The minimum absolute atomic E-state index is 0.0382. The van der Waals surface area contributed by atoms with Crippen molar-refractivity contribution in [2.75, 3.05) is 6.54 Å². The summed E-state index contributed by atoms with van der Waals surface area (Å²) >= 11 is 0. The van der Waals surface area contributed by atoms with E-state index in [4.69, 9.17) is 5.73 Å². The number of nitrogens with two attached hydrogens (primary N) is 1. The Morgan fingerprint density at radius 1 is 1.32 bits per heavy atom. The second kappa shape index (κ2) is 5.73. The van der Waals surface area contributed by atoms with Crippen LogP contribution in [0.4, 0.5) is 0 Å². The molecule has 1 aliphatic rings. The first-order valence-corrected chi connectivity index (χ1v) is 6.46. The van der Waals surface area contributed by atoms with Crippen LogP contribution in [0.3, 0.4) is 0 Å². The lowest BCUT2D eigenvalue weighted by Crippen LogP contribution is -2.44. The Labute approximate surface area is 112 Å². The minimum Gasteiger partial charge on any atom is -0.508 e. The number of aromatic hydroxyl groups is 1. The number of amides is 2. The number of rotatable bonds is 4. The van der Waals surface area contributed by atoms with Crippen molar-refractivity contribution in [3.8, 4) is 5.75 Å². The lowest BCUT2D eigenvalue weighted by atomic mass is 10.1. The summed E-state index contributed by atoms with van der Waals surface area (Å²) in [5.41, 5.74) is 5.61. The summed E-state index contributed by atoms with van der Waals surface area (Å²) in [4.78, 5) is 25.1. The fourth-order valence-electron chi connectivity index (χ4n) is 2.56. The van der Waals surface area contributed by atoms with Crippen molar-refractivity contribution in [3.63, 3.8) is 0 Å². The number of benzene rings is 1. The van der Waals surface area contributed by atoms with Gasteiger partial charge in [0.25, 0.3) is 5.91 Å². The summed E-state index contributed by atoms with van der Waals surface area (Å²) in [5.74, 6) is -0.724. The molecule has 2 rings (SSSR count). The van der Waals surface area contributed by atoms with Gasteiger partial charge in [0.2, 0.25) is 5.91 Å². The third-order valence-corrected chi connectivity index (χ3v) is 3.45. The molecule has 0 radical (unpaired) electrons. The van der Waals surface area contributed by atoms with Gasteiger partial charge in [-0.1, -0.05) is 18.9 Å². The summed E-state index contributed by atoms with van der Waals surface area (Å²) in [5, 5.41) is 9.43. The van der Waals surface area contributed by atoms with Crippen LogP contribution in [0, 0.1) is 0 Å². The van der Waals surface area contributed by atoms with Crippen LogP contribution in [-0.2, 0) is 4.79 Å². The molecule has 1 aliphatic carbocycles. The van der Waals surface area contributed by atoms with Crippen LogP contribution in [0.1, 0.15) is 36.0 Å². The maximum atomic E-state index is 12.4. The molecule has 0 bridgehead atoms. The number of hydrogen-bond donors (Lipinski definition) is 2. The number of phenols is 1. The van der Waals surface area contributed by atoms with Crippen molar-refractivity contribution in [1.82, 2.24) is 4.90 Å². The van der Waals surface area contributed by atoms with Crippen LogP contribution in [0.5, 0.6) is 5.75 Å². The first-order valence-electron chi connectivity index (χ1n) is 6.46. The van der Waals surface area contributed by atoms with Gasteiger partial charge < -0.3 is 15.7 Å². The number of hydrogen-bond acceptors (Lipinski definition) is 3. The van der Waals surface area contributed by atoms with E-state index in [1.54, 1.807) is 12.1 Å². The smallest absolute Gasteiger partial charge is 0.254 e. The topological polar surface area (TPSA) is 83.6 Å². The van der Waals surface area contributed by atoms with Crippen LogP contribution < -0.4 is 5.73 Å². The monoisotopic (exact) mass is 262 g/mol. The van der Waals surface area contributed by atoms with Gasteiger partial charge in [-0.25, -0.2) is 0 Å². The molecule has 1 aromatic rings. The van der Waals surface area contributed by atoms with Crippen LogP contribution in [0.2, 0.25) is 0 Å². The summed E-state index contributed by atoms with van der Waals surface area (Å²) in [6.07, 6.45) is 3.93. The predicted octanol–water partition coefficient (Wildman–Crippen LogP) is 1.26. The highest BCUT2D eigenvalue weighted by Crippen LogP contribution is 2.25. The van der Waals surface area contributed by atoms with Crippen molar-refractivity contribution >= 4 is 11.8 Å². The highest BCUT2D eigenvalue weighted by molar-refractivity contribution is 5.96. The van der Waals surface area contributed by atoms with Crippen molar-refractivity contribution in [1.29, 1.82) is 0 Å². The van der Waals surface area contributed by atoms with E-state index in [1.807, 2.05) is 0 Å².